The number of aromatic amines is 2. The summed E-state index contributed by atoms with van der Waals surface area (Å²) >= 11 is 0. The van der Waals surface area contributed by atoms with Gasteiger partial charge in [-0.05, 0) is 13.8 Å². The van der Waals surface area contributed by atoms with E-state index in [9.17, 15) is 38.4 Å². The molecule has 1 aliphatic carbocycles. The molecule has 0 radical (unpaired) electrons. The maximum Gasteiger partial charge on any atom is 0.328 e. The normalized spacial score (nSPS) is 27.2. The van der Waals surface area contributed by atoms with E-state index in [1.807, 2.05) is 0 Å². The van der Waals surface area contributed by atoms with Crippen LogP contribution in [0.1, 0.15) is 21.3 Å². The maximum absolute atomic E-state index is 12.1. The molecule has 2 aromatic heterocycles. The van der Waals surface area contributed by atoms with Gasteiger partial charge in [0.2, 0.25) is 11.8 Å². The highest BCUT2D eigenvalue weighted by molar-refractivity contribution is 6.12. The third-order valence-electron chi connectivity index (χ3n) is 6.60. The second-order valence-electron chi connectivity index (χ2n) is 8.73. The van der Waals surface area contributed by atoms with Crippen molar-refractivity contribution in [1.82, 2.24) is 29.7 Å². The van der Waals surface area contributed by atoms with Gasteiger partial charge < -0.3 is 20.6 Å². The second-order valence-corrected chi connectivity index (χ2v) is 8.73. The molecule has 4 N–H and O–H groups in total. The summed E-state index contributed by atoms with van der Waals surface area (Å²) in [4.78, 5) is 94.2. The number of H-pyrrole nitrogens is 2. The first-order valence-corrected chi connectivity index (χ1v) is 11.0. The molecule has 2 amide bonds. The van der Waals surface area contributed by atoms with Crippen molar-refractivity contribution in [3.63, 3.8) is 0 Å². The van der Waals surface area contributed by atoms with Crippen molar-refractivity contribution >= 4 is 23.4 Å². The Morgan fingerprint density at radius 2 is 0.946 bits per heavy atom. The van der Waals surface area contributed by atoms with Crippen molar-refractivity contribution in [2.45, 2.75) is 33.4 Å². The monoisotopic (exact) mass is 518 g/mol. The summed E-state index contributed by atoms with van der Waals surface area (Å²) in [5.74, 6) is -3.32. The minimum Gasteiger partial charge on any atom is -0.350 e. The quantitative estimate of drug-likeness (QED) is 0.272. The Morgan fingerprint density at radius 1 is 0.622 bits per heavy atom. The molecule has 4 heterocycles. The number of hydrogen-bond donors (Lipinski definition) is 4. The summed E-state index contributed by atoms with van der Waals surface area (Å²) in [6, 6.07) is 1.76. The van der Waals surface area contributed by atoms with E-state index in [0.29, 0.717) is 0 Å². The summed E-state index contributed by atoms with van der Waals surface area (Å²) in [6.07, 6.45) is 2.65. The highest BCUT2D eigenvalue weighted by atomic mass is 16.2. The number of piperidine rings is 2. The Balaban J connectivity index is 0.000000215. The van der Waals surface area contributed by atoms with Crippen molar-refractivity contribution in [2.24, 2.45) is 37.8 Å². The molecule has 5 rings (SSSR count). The molecule has 1 saturated carbocycles. The Morgan fingerprint density at radius 3 is 1.22 bits per heavy atom. The van der Waals surface area contributed by atoms with Crippen LogP contribution >= 0.6 is 0 Å². The molecule has 2 aromatic rings. The van der Waals surface area contributed by atoms with Crippen LogP contribution in [-0.2, 0) is 33.3 Å². The zero-order valence-electron chi connectivity index (χ0n) is 19.9. The van der Waals surface area contributed by atoms with Gasteiger partial charge in [0.1, 0.15) is 0 Å². The number of nitrogens with one attached hydrogen (secondary N) is 4. The van der Waals surface area contributed by atoms with E-state index in [1.165, 1.54) is 38.6 Å². The van der Waals surface area contributed by atoms with Crippen molar-refractivity contribution in [1.29, 1.82) is 0 Å². The summed E-state index contributed by atoms with van der Waals surface area (Å²) in [6.45, 7) is 3.10. The van der Waals surface area contributed by atoms with Gasteiger partial charge in [0, 0.05) is 38.6 Å². The van der Waals surface area contributed by atoms with Crippen LogP contribution in [0.15, 0.2) is 43.7 Å². The molecular formula is C23H30N6O8. The van der Waals surface area contributed by atoms with Gasteiger partial charge in [-0.25, -0.2) is 9.59 Å². The number of hydrogen-bond acceptors (Lipinski definition) is 8. The van der Waals surface area contributed by atoms with Crippen LogP contribution in [0.2, 0.25) is 0 Å². The highest BCUT2D eigenvalue weighted by Crippen LogP contribution is 2.43. The first kappa shape index (κ1) is 28.9. The molecule has 14 nitrogen and oxygen atoms in total. The van der Waals surface area contributed by atoms with E-state index < -0.39 is 35.8 Å². The fourth-order valence-corrected chi connectivity index (χ4v) is 4.22. The number of carbonyl (C=O) groups is 4. The Labute approximate surface area is 210 Å². The van der Waals surface area contributed by atoms with Gasteiger partial charge in [-0.1, -0.05) is 7.43 Å². The lowest BCUT2D eigenvalue weighted by atomic mass is 9.55. The lowest BCUT2D eigenvalue weighted by Gasteiger charge is -2.56. The minimum atomic E-state index is -0.701. The van der Waals surface area contributed by atoms with Gasteiger partial charge in [-0.2, -0.15) is 0 Å². The fourth-order valence-electron chi connectivity index (χ4n) is 4.22. The van der Waals surface area contributed by atoms with Gasteiger partial charge >= 0.3 is 11.4 Å². The summed E-state index contributed by atoms with van der Waals surface area (Å²) in [5, 5.41) is 5.45. The number of nitrogens with zero attached hydrogens (tertiary/aromatic N) is 2. The average molecular weight is 519 g/mol. The van der Waals surface area contributed by atoms with E-state index in [2.05, 4.69) is 20.6 Å². The molecule has 6 atom stereocenters. The van der Waals surface area contributed by atoms with Crippen molar-refractivity contribution < 1.29 is 19.2 Å². The molecular weight excluding hydrogens is 488 g/mol. The third-order valence-corrected chi connectivity index (χ3v) is 6.60. The van der Waals surface area contributed by atoms with Crippen LogP contribution in [0.25, 0.3) is 0 Å². The van der Waals surface area contributed by atoms with Gasteiger partial charge in [-0.3, -0.25) is 37.9 Å². The largest absolute Gasteiger partial charge is 0.350 e. The summed E-state index contributed by atoms with van der Waals surface area (Å²) in [5.41, 5.74) is -1.36. The average Bonchev–Trinajstić information content (AvgIpc) is 2.83. The third kappa shape index (κ3) is 5.42. The van der Waals surface area contributed by atoms with Crippen molar-refractivity contribution in [3.05, 3.63) is 66.2 Å². The van der Waals surface area contributed by atoms with Crippen LogP contribution in [0, 0.1) is 23.7 Å². The smallest absolute Gasteiger partial charge is 0.328 e. The molecule has 6 unspecified atom stereocenters. The van der Waals surface area contributed by atoms with Crippen LogP contribution in [0.4, 0.5) is 0 Å². The Hall–Kier alpha value is -4.36. The molecule has 0 bridgehead atoms. The van der Waals surface area contributed by atoms with Crippen LogP contribution < -0.4 is 33.1 Å². The lowest BCUT2D eigenvalue weighted by molar-refractivity contribution is -0.164. The zero-order valence-corrected chi connectivity index (χ0v) is 19.9. The number of aromatic nitrogens is 4. The van der Waals surface area contributed by atoms with E-state index in [1.54, 1.807) is 13.8 Å². The Bertz CT molecular complexity index is 1280. The minimum absolute atomic E-state index is 0. The van der Waals surface area contributed by atoms with Crippen LogP contribution in [-0.4, -0.2) is 54.6 Å². The van der Waals surface area contributed by atoms with Gasteiger partial charge in [-0.15, -0.1) is 0 Å². The second kappa shape index (κ2) is 11.1. The van der Waals surface area contributed by atoms with E-state index in [4.69, 9.17) is 0 Å². The van der Waals surface area contributed by atoms with Crippen molar-refractivity contribution in [2.75, 3.05) is 0 Å². The number of carbonyl (C=O) groups excluding carboxylic acids is 4. The van der Waals surface area contributed by atoms with E-state index >= 15 is 0 Å². The standard InChI is InChI=1S/C12H14N2O4.2C5H6N2O2.CH4/c1-3-9(15)5-6-8(7(5)13-11(3)17)14-12(18)4(2)10(6)16;2*1-7-4(8)2-3-6-5(7)9;/h3-8H,1-2H3,(H,13,17)(H,14,18);2*2-3H,1H3,(H,6,9);1H4. The van der Waals surface area contributed by atoms with Crippen LogP contribution in [0.3, 0.4) is 0 Å². The molecule has 37 heavy (non-hydrogen) atoms. The molecule has 2 saturated heterocycles. The summed E-state index contributed by atoms with van der Waals surface area (Å²) in [7, 11) is 2.84. The molecule has 14 heteroatoms. The molecule has 3 fully saturated rings. The van der Waals surface area contributed by atoms with Gasteiger partial charge in [0.05, 0.1) is 35.8 Å². The number of ketones is 2. The van der Waals surface area contributed by atoms with E-state index in [0.717, 1.165) is 9.13 Å². The topological polar surface area (TPSA) is 202 Å². The lowest BCUT2D eigenvalue weighted by Crippen LogP contribution is -2.79. The summed E-state index contributed by atoms with van der Waals surface area (Å²) < 4.78 is 2.00. The van der Waals surface area contributed by atoms with E-state index in [-0.39, 0.29) is 53.3 Å². The fraction of sp³-hybridized carbons (Fsp3) is 0.478. The SMILES string of the molecule is C.CC1C(=O)NC2C3NC(=O)C(C)C(=O)C3C2C1=O.Cn1c(=O)cc[nH]c1=O.Cn1c(=O)cc[nH]c1=O. The van der Waals surface area contributed by atoms with Crippen LogP contribution in [0.5, 0.6) is 0 Å². The zero-order chi connectivity index (χ0) is 26.9. The highest BCUT2D eigenvalue weighted by Gasteiger charge is 2.64. The first-order chi connectivity index (χ1) is 16.9. The number of rotatable bonds is 0. The Kier molecular flexibility index (Phi) is 8.69. The molecule has 0 spiro atoms. The maximum atomic E-state index is 12.1. The number of amides is 2. The molecule has 3 aliphatic rings. The molecule has 2 aliphatic heterocycles. The predicted octanol–water partition coefficient (Wildman–Crippen LogP) is -2.58. The predicted molar refractivity (Wildman–Crippen MR) is 131 cm³/mol. The molecule has 0 aromatic carbocycles. The number of fused-ring (bicyclic) bond motifs is 4. The first-order valence-electron chi connectivity index (χ1n) is 11.0. The van der Waals surface area contributed by atoms with Gasteiger partial charge in [0.15, 0.2) is 11.6 Å². The van der Waals surface area contributed by atoms with Crippen molar-refractivity contribution in [3.8, 4) is 0 Å². The number of Topliss-reactive ketones (excluding diaryl/α,β-unsaturated/α-hetero) is 2. The van der Waals surface area contributed by atoms with Gasteiger partial charge in [0.25, 0.3) is 11.1 Å². The molecule has 200 valence electrons.